The number of amides is 1. The van der Waals surface area contributed by atoms with Crippen molar-refractivity contribution in [1.82, 2.24) is 15.5 Å². The second-order valence-corrected chi connectivity index (χ2v) is 4.75. The third kappa shape index (κ3) is 4.32. The average Bonchev–Trinajstić information content (AvgIpc) is 2.60. The monoisotopic (exact) mass is 316 g/mol. The Balaban J connectivity index is 2.13. The first-order chi connectivity index (χ1) is 11.2. The van der Waals surface area contributed by atoms with Crippen LogP contribution in [0.25, 0.3) is 0 Å². The van der Waals surface area contributed by atoms with E-state index in [1.165, 1.54) is 0 Å². The van der Waals surface area contributed by atoms with Crippen LogP contribution in [-0.4, -0.2) is 36.9 Å². The van der Waals surface area contributed by atoms with Gasteiger partial charge in [-0.15, -0.1) is 10.2 Å². The van der Waals surface area contributed by atoms with Crippen LogP contribution >= 0.6 is 0 Å². The highest BCUT2D eigenvalue weighted by atomic mass is 16.5. The molecule has 2 aromatic rings. The Morgan fingerprint density at radius 2 is 1.96 bits per heavy atom. The van der Waals surface area contributed by atoms with Gasteiger partial charge in [-0.2, -0.15) is 0 Å². The van der Waals surface area contributed by atoms with Crippen LogP contribution in [0.15, 0.2) is 30.3 Å². The first-order valence-electron chi connectivity index (χ1n) is 7.29. The molecule has 2 rings (SSSR count). The molecule has 0 radical (unpaired) electrons. The summed E-state index contributed by atoms with van der Waals surface area (Å²) in [4.78, 5) is 11.8. The number of benzene rings is 1. The number of rotatable bonds is 7. The molecule has 0 unspecified atom stereocenters. The predicted octanol–water partition coefficient (Wildman–Crippen LogP) is 2.38. The van der Waals surface area contributed by atoms with E-state index >= 15 is 0 Å². The molecule has 7 nitrogen and oxygen atoms in total. The molecule has 1 amide bonds. The smallest absolute Gasteiger partial charge is 0.271 e. The number of carbonyl (C=O) groups is 1. The maximum atomic E-state index is 11.8. The van der Waals surface area contributed by atoms with Gasteiger partial charge in [0.2, 0.25) is 0 Å². The van der Waals surface area contributed by atoms with E-state index in [0.29, 0.717) is 29.5 Å². The molecule has 0 saturated carbocycles. The molecule has 0 bridgehead atoms. The summed E-state index contributed by atoms with van der Waals surface area (Å²) in [5.74, 6) is 1.61. The molecule has 0 saturated heterocycles. The average molecular weight is 316 g/mol. The van der Waals surface area contributed by atoms with E-state index in [4.69, 9.17) is 9.47 Å². The van der Waals surface area contributed by atoms with Crippen molar-refractivity contribution in [2.45, 2.75) is 13.3 Å². The van der Waals surface area contributed by atoms with Gasteiger partial charge in [-0.1, -0.05) is 6.92 Å². The molecule has 0 aliphatic rings. The van der Waals surface area contributed by atoms with Crippen molar-refractivity contribution in [3.63, 3.8) is 0 Å². The van der Waals surface area contributed by atoms with Gasteiger partial charge in [-0.05, 0) is 30.7 Å². The minimum absolute atomic E-state index is 0.232. The molecule has 7 heteroatoms. The highest BCUT2D eigenvalue weighted by Gasteiger charge is 2.09. The Morgan fingerprint density at radius 1 is 1.13 bits per heavy atom. The molecule has 2 N–H and O–H groups in total. The topological polar surface area (TPSA) is 85.4 Å². The summed E-state index contributed by atoms with van der Waals surface area (Å²) in [6, 6.07) is 8.69. The van der Waals surface area contributed by atoms with Gasteiger partial charge in [0.15, 0.2) is 11.5 Å². The molecule has 1 aromatic heterocycles. The van der Waals surface area contributed by atoms with Gasteiger partial charge in [0.05, 0.1) is 19.9 Å². The largest absolute Gasteiger partial charge is 0.497 e. The van der Waals surface area contributed by atoms with Crippen molar-refractivity contribution in [3.8, 4) is 11.5 Å². The first kappa shape index (κ1) is 16.5. The summed E-state index contributed by atoms with van der Waals surface area (Å²) < 4.78 is 10.5. The van der Waals surface area contributed by atoms with Gasteiger partial charge in [0, 0.05) is 12.6 Å². The van der Waals surface area contributed by atoms with Crippen molar-refractivity contribution >= 4 is 17.4 Å². The Bertz CT molecular complexity index is 659. The van der Waals surface area contributed by atoms with Crippen LogP contribution in [0.2, 0.25) is 0 Å². The summed E-state index contributed by atoms with van der Waals surface area (Å²) in [6.07, 6.45) is 0.869. The molecule has 23 heavy (non-hydrogen) atoms. The van der Waals surface area contributed by atoms with Crippen LogP contribution in [-0.2, 0) is 0 Å². The predicted molar refractivity (Wildman–Crippen MR) is 87.5 cm³/mol. The molecule has 0 aliphatic carbocycles. The summed E-state index contributed by atoms with van der Waals surface area (Å²) in [5, 5.41) is 13.8. The van der Waals surface area contributed by atoms with Crippen LogP contribution in [0, 0.1) is 0 Å². The number of ether oxygens (including phenoxy) is 2. The Labute approximate surface area is 135 Å². The van der Waals surface area contributed by atoms with E-state index in [2.05, 4.69) is 20.8 Å². The first-order valence-corrected chi connectivity index (χ1v) is 7.29. The summed E-state index contributed by atoms with van der Waals surface area (Å²) in [5.41, 5.74) is 0.978. The number of methoxy groups -OCH3 is 2. The highest BCUT2D eigenvalue weighted by molar-refractivity contribution is 5.92. The highest BCUT2D eigenvalue weighted by Crippen LogP contribution is 2.30. The Morgan fingerprint density at radius 3 is 2.57 bits per heavy atom. The van der Waals surface area contributed by atoms with Gasteiger partial charge in [0.1, 0.15) is 11.5 Å². The summed E-state index contributed by atoms with van der Waals surface area (Å²) >= 11 is 0. The van der Waals surface area contributed by atoms with Crippen LogP contribution in [0.1, 0.15) is 23.8 Å². The minimum Gasteiger partial charge on any atom is -0.497 e. The molecule has 122 valence electrons. The van der Waals surface area contributed by atoms with Crippen LogP contribution in [0.5, 0.6) is 11.5 Å². The summed E-state index contributed by atoms with van der Waals surface area (Å²) in [6.45, 7) is 2.60. The summed E-state index contributed by atoms with van der Waals surface area (Å²) in [7, 11) is 3.18. The van der Waals surface area contributed by atoms with E-state index in [-0.39, 0.29) is 11.6 Å². The fourth-order valence-corrected chi connectivity index (χ4v) is 1.90. The lowest BCUT2D eigenvalue weighted by molar-refractivity contribution is 0.0947. The van der Waals surface area contributed by atoms with E-state index in [1.807, 2.05) is 6.92 Å². The number of aromatic nitrogens is 2. The number of hydrogen-bond acceptors (Lipinski definition) is 6. The maximum absolute atomic E-state index is 11.8. The lowest BCUT2D eigenvalue weighted by Gasteiger charge is -2.12. The van der Waals surface area contributed by atoms with Crippen LogP contribution in [0.4, 0.5) is 11.5 Å². The third-order valence-corrected chi connectivity index (χ3v) is 3.10. The van der Waals surface area contributed by atoms with E-state index in [0.717, 1.165) is 6.42 Å². The maximum Gasteiger partial charge on any atom is 0.271 e. The fraction of sp³-hybridized carbons (Fsp3) is 0.312. The Hall–Kier alpha value is -2.83. The second kappa shape index (κ2) is 7.98. The molecule has 0 aliphatic heterocycles. The van der Waals surface area contributed by atoms with Crippen LogP contribution < -0.4 is 20.1 Å². The number of nitrogens with zero attached hydrogens (tertiary/aromatic N) is 2. The van der Waals surface area contributed by atoms with Gasteiger partial charge in [0.25, 0.3) is 5.91 Å². The molecular weight excluding hydrogens is 296 g/mol. The Kier molecular flexibility index (Phi) is 5.74. The van der Waals surface area contributed by atoms with E-state index < -0.39 is 0 Å². The SMILES string of the molecule is CCCNC(=O)c1ccc(Nc2cc(OC)ccc2OC)nn1. The minimum atomic E-state index is -0.232. The third-order valence-electron chi connectivity index (χ3n) is 3.10. The molecule has 1 aromatic carbocycles. The van der Waals surface area contributed by atoms with Gasteiger partial charge in [-0.3, -0.25) is 4.79 Å². The van der Waals surface area contributed by atoms with Crippen molar-refractivity contribution in [1.29, 1.82) is 0 Å². The van der Waals surface area contributed by atoms with Crippen molar-refractivity contribution in [2.24, 2.45) is 0 Å². The fourth-order valence-electron chi connectivity index (χ4n) is 1.90. The van der Waals surface area contributed by atoms with Gasteiger partial charge in [-0.25, -0.2) is 0 Å². The lowest BCUT2D eigenvalue weighted by Crippen LogP contribution is -2.25. The molecule has 1 heterocycles. The molecule has 0 atom stereocenters. The quantitative estimate of drug-likeness (QED) is 0.816. The van der Waals surface area contributed by atoms with Gasteiger partial charge < -0.3 is 20.1 Å². The molecule has 0 spiro atoms. The molecular formula is C16H20N4O3. The zero-order chi connectivity index (χ0) is 16.7. The second-order valence-electron chi connectivity index (χ2n) is 4.75. The van der Waals surface area contributed by atoms with Crippen molar-refractivity contribution in [3.05, 3.63) is 36.0 Å². The zero-order valence-electron chi connectivity index (χ0n) is 13.4. The van der Waals surface area contributed by atoms with E-state index in [9.17, 15) is 4.79 Å². The number of nitrogens with one attached hydrogen (secondary N) is 2. The van der Waals surface area contributed by atoms with Gasteiger partial charge >= 0.3 is 0 Å². The lowest BCUT2D eigenvalue weighted by atomic mass is 10.2. The number of anilines is 2. The van der Waals surface area contributed by atoms with E-state index in [1.54, 1.807) is 44.6 Å². The van der Waals surface area contributed by atoms with Crippen molar-refractivity contribution < 1.29 is 14.3 Å². The number of hydrogen-bond donors (Lipinski definition) is 2. The molecule has 0 fully saturated rings. The normalized spacial score (nSPS) is 10.0. The number of carbonyl (C=O) groups excluding carboxylic acids is 1. The van der Waals surface area contributed by atoms with Crippen LogP contribution in [0.3, 0.4) is 0 Å². The van der Waals surface area contributed by atoms with Crippen molar-refractivity contribution in [2.75, 3.05) is 26.1 Å². The standard InChI is InChI=1S/C16H20N4O3/c1-4-9-17-16(21)12-6-8-15(20-19-12)18-13-10-11(22-2)5-7-14(13)23-3/h5-8,10H,4,9H2,1-3H3,(H,17,21)(H,18,20). The zero-order valence-corrected chi connectivity index (χ0v) is 13.4.